The molecule has 0 aliphatic carbocycles. The minimum Gasteiger partial charge on any atom is -0.368 e. The Labute approximate surface area is 111 Å². The summed E-state index contributed by atoms with van der Waals surface area (Å²) in [4.78, 5) is 11.4. The first-order chi connectivity index (χ1) is 9.24. The van der Waals surface area contributed by atoms with Crippen LogP contribution >= 0.6 is 0 Å². The maximum Gasteiger partial charge on any atom is 0.364 e. The van der Waals surface area contributed by atoms with E-state index < -0.39 is 0 Å². The van der Waals surface area contributed by atoms with Gasteiger partial charge in [0, 0.05) is 6.54 Å². The second kappa shape index (κ2) is 6.33. The molecule has 0 fully saturated rings. The number of aromatic nitrogens is 4. The minimum atomic E-state index is -0.328. The fraction of sp³-hybridized carbons (Fsp3) is 0.583. The summed E-state index contributed by atoms with van der Waals surface area (Å²) in [5, 5.41) is 13.6. The van der Waals surface area contributed by atoms with Gasteiger partial charge in [0.15, 0.2) is 5.65 Å². The van der Waals surface area contributed by atoms with Crippen LogP contribution in [0.3, 0.4) is 0 Å². The molecule has 0 aliphatic rings. The second-order valence-corrected chi connectivity index (χ2v) is 4.63. The summed E-state index contributed by atoms with van der Waals surface area (Å²) >= 11 is 0. The Balaban J connectivity index is 2.03. The van der Waals surface area contributed by atoms with Gasteiger partial charge in [-0.3, -0.25) is 0 Å². The standard InChI is InChI=1S/C12H20N6O/c1-2-3-9(6-7-13)8-14-10-4-5-11-15-16-12(19)18(11)17-10/h4-5,9H,2-3,6-8,13H2,1H3,(H,14,17)(H,16,19). The number of nitrogens with zero attached hydrogens (tertiary/aromatic N) is 3. The topological polar surface area (TPSA) is 101 Å². The second-order valence-electron chi connectivity index (χ2n) is 4.63. The van der Waals surface area contributed by atoms with Crippen molar-refractivity contribution >= 4 is 11.5 Å². The summed E-state index contributed by atoms with van der Waals surface area (Å²) in [5.74, 6) is 1.21. The molecule has 0 aromatic carbocycles. The maximum absolute atomic E-state index is 11.4. The molecule has 2 aromatic rings. The average Bonchev–Trinajstić information content (AvgIpc) is 2.78. The number of nitrogens with one attached hydrogen (secondary N) is 2. The van der Waals surface area contributed by atoms with Crippen LogP contribution in [0.15, 0.2) is 16.9 Å². The van der Waals surface area contributed by atoms with E-state index in [-0.39, 0.29) is 5.69 Å². The predicted octanol–water partition coefficient (Wildman–Crippen LogP) is 0.595. The maximum atomic E-state index is 11.4. The quantitative estimate of drug-likeness (QED) is 0.679. The molecule has 2 heterocycles. The van der Waals surface area contributed by atoms with E-state index in [4.69, 9.17) is 5.73 Å². The van der Waals surface area contributed by atoms with Crippen molar-refractivity contribution in [1.29, 1.82) is 0 Å². The first-order valence-corrected chi connectivity index (χ1v) is 6.63. The number of rotatable bonds is 7. The third-order valence-electron chi connectivity index (χ3n) is 3.12. The van der Waals surface area contributed by atoms with Gasteiger partial charge >= 0.3 is 5.69 Å². The fourth-order valence-corrected chi connectivity index (χ4v) is 2.14. The van der Waals surface area contributed by atoms with Crippen LogP contribution in [0.2, 0.25) is 0 Å². The molecule has 2 rings (SSSR count). The lowest BCUT2D eigenvalue weighted by molar-refractivity contribution is 0.472. The molecule has 0 amide bonds. The molecule has 0 saturated heterocycles. The van der Waals surface area contributed by atoms with Crippen LogP contribution < -0.4 is 16.7 Å². The highest BCUT2D eigenvalue weighted by Crippen LogP contribution is 2.12. The molecular weight excluding hydrogens is 244 g/mol. The zero-order valence-corrected chi connectivity index (χ0v) is 11.1. The number of nitrogens with two attached hydrogens (primary N) is 1. The molecule has 0 bridgehead atoms. The molecule has 0 spiro atoms. The molecule has 4 N–H and O–H groups in total. The van der Waals surface area contributed by atoms with Gasteiger partial charge in [0.25, 0.3) is 0 Å². The van der Waals surface area contributed by atoms with Gasteiger partial charge in [0.2, 0.25) is 0 Å². The van der Waals surface area contributed by atoms with Crippen LogP contribution in [0.4, 0.5) is 5.82 Å². The van der Waals surface area contributed by atoms with Crippen molar-refractivity contribution in [3.8, 4) is 0 Å². The summed E-state index contributed by atoms with van der Waals surface area (Å²) in [6, 6.07) is 3.58. The zero-order valence-electron chi connectivity index (χ0n) is 11.1. The van der Waals surface area contributed by atoms with Crippen LogP contribution in [0.25, 0.3) is 5.65 Å². The first kappa shape index (κ1) is 13.5. The monoisotopic (exact) mass is 264 g/mol. The minimum absolute atomic E-state index is 0.328. The Morgan fingerprint density at radius 1 is 1.47 bits per heavy atom. The number of fused-ring (bicyclic) bond motifs is 1. The third kappa shape index (κ3) is 3.31. The van der Waals surface area contributed by atoms with E-state index in [1.54, 1.807) is 6.07 Å². The van der Waals surface area contributed by atoms with Crippen molar-refractivity contribution in [3.05, 3.63) is 22.6 Å². The van der Waals surface area contributed by atoms with Crippen molar-refractivity contribution in [2.24, 2.45) is 11.7 Å². The number of H-pyrrole nitrogens is 1. The van der Waals surface area contributed by atoms with Gasteiger partial charge in [-0.15, -0.1) is 5.10 Å². The van der Waals surface area contributed by atoms with Gasteiger partial charge in [-0.2, -0.15) is 9.61 Å². The summed E-state index contributed by atoms with van der Waals surface area (Å²) in [6.45, 7) is 3.68. The van der Waals surface area contributed by atoms with Gasteiger partial charge in [-0.1, -0.05) is 13.3 Å². The van der Waals surface area contributed by atoms with Crippen molar-refractivity contribution < 1.29 is 0 Å². The van der Waals surface area contributed by atoms with E-state index in [1.165, 1.54) is 4.52 Å². The van der Waals surface area contributed by atoms with Crippen LogP contribution in [0, 0.1) is 5.92 Å². The number of anilines is 1. The predicted molar refractivity (Wildman–Crippen MR) is 74.2 cm³/mol. The van der Waals surface area contributed by atoms with Crippen LogP contribution in [-0.4, -0.2) is 32.9 Å². The molecular formula is C12H20N6O. The lowest BCUT2D eigenvalue weighted by Crippen LogP contribution is -2.20. The molecule has 104 valence electrons. The Hall–Kier alpha value is -1.89. The molecule has 1 atom stereocenters. The highest BCUT2D eigenvalue weighted by Gasteiger charge is 2.08. The van der Waals surface area contributed by atoms with E-state index in [0.29, 0.717) is 23.9 Å². The molecule has 19 heavy (non-hydrogen) atoms. The number of hydrogen-bond acceptors (Lipinski definition) is 5. The van der Waals surface area contributed by atoms with E-state index in [2.05, 4.69) is 27.5 Å². The normalized spacial score (nSPS) is 12.7. The average molecular weight is 264 g/mol. The van der Waals surface area contributed by atoms with Crippen molar-refractivity contribution in [2.45, 2.75) is 26.2 Å². The Bertz CT molecular complexity index is 569. The first-order valence-electron chi connectivity index (χ1n) is 6.63. The summed E-state index contributed by atoms with van der Waals surface area (Å²) in [6.07, 6.45) is 3.27. The number of hydrogen-bond donors (Lipinski definition) is 3. The Kier molecular flexibility index (Phi) is 4.51. The van der Waals surface area contributed by atoms with Crippen LogP contribution in [-0.2, 0) is 0 Å². The van der Waals surface area contributed by atoms with Crippen LogP contribution in [0.5, 0.6) is 0 Å². The highest BCUT2D eigenvalue weighted by atomic mass is 16.2. The van der Waals surface area contributed by atoms with Gasteiger partial charge in [-0.05, 0) is 37.4 Å². The molecule has 2 aromatic heterocycles. The van der Waals surface area contributed by atoms with Gasteiger partial charge in [0.1, 0.15) is 5.82 Å². The van der Waals surface area contributed by atoms with Gasteiger partial charge in [0.05, 0.1) is 0 Å². The van der Waals surface area contributed by atoms with Crippen molar-refractivity contribution in [2.75, 3.05) is 18.4 Å². The van der Waals surface area contributed by atoms with Gasteiger partial charge < -0.3 is 11.1 Å². The molecule has 7 heteroatoms. The SMILES string of the molecule is CCCC(CCN)CNc1ccc2n[nH]c(=O)n2n1. The molecule has 0 aliphatic heterocycles. The van der Waals surface area contributed by atoms with Gasteiger partial charge in [-0.25, -0.2) is 9.89 Å². The fourth-order valence-electron chi connectivity index (χ4n) is 2.14. The molecule has 1 unspecified atom stereocenters. The summed E-state index contributed by atoms with van der Waals surface area (Å²) in [7, 11) is 0. The highest BCUT2D eigenvalue weighted by molar-refractivity contribution is 5.42. The van der Waals surface area contributed by atoms with E-state index >= 15 is 0 Å². The zero-order chi connectivity index (χ0) is 13.7. The smallest absolute Gasteiger partial charge is 0.364 e. The Morgan fingerprint density at radius 2 is 2.32 bits per heavy atom. The van der Waals surface area contributed by atoms with Crippen molar-refractivity contribution in [3.63, 3.8) is 0 Å². The van der Waals surface area contributed by atoms with Crippen LogP contribution in [0.1, 0.15) is 26.2 Å². The Morgan fingerprint density at radius 3 is 3.05 bits per heavy atom. The molecule has 7 nitrogen and oxygen atoms in total. The van der Waals surface area contributed by atoms with E-state index in [1.807, 2.05) is 6.07 Å². The molecule has 0 radical (unpaired) electrons. The summed E-state index contributed by atoms with van der Waals surface area (Å²) in [5.41, 5.74) is 5.80. The molecule has 0 saturated carbocycles. The van der Waals surface area contributed by atoms with E-state index in [9.17, 15) is 4.79 Å². The lowest BCUT2D eigenvalue weighted by atomic mass is 10.00. The number of aromatic amines is 1. The van der Waals surface area contributed by atoms with Crippen molar-refractivity contribution in [1.82, 2.24) is 19.8 Å². The van der Waals surface area contributed by atoms with E-state index in [0.717, 1.165) is 25.8 Å². The largest absolute Gasteiger partial charge is 0.368 e. The third-order valence-corrected chi connectivity index (χ3v) is 3.12. The summed E-state index contributed by atoms with van der Waals surface area (Å²) < 4.78 is 1.25. The lowest BCUT2D eigenvalue weighted by Gasteiger charge is -2.16.